The maximum atomic E-state index is 11.1. The molecule has 8 heteroatoms. The Bertz CT molecular complexity index is 295. The summed E-state index contributed by atoms with van der Waals surface area (Å²) in [5.41, 5.74) is 0. The molecule has 1 fully saturated rings. The van der Waals surface area contributed by atoms with Crippen LogP contribution in [0, 0.1) is 0 Å². The van der Waals surface area contributed by atoms with Gasteiger partial charge in [-0.1, -0.05) is 0 Å². The maximum Gasteiger partial charge on any atom is 0.320 e. The zero-order valence-corrected chi connectivity index (χ0v) is 8.29. The minimum absolute atomic E-state index is 0.429. The van der Waals surface area contributed by atoms with E-state index in [1.807, 2.05) is 0 Å². The van der Waals surface area contributed by atoms with Gasteiger partial charge in [-0.15, -0.1) is 4.83 Å². The number of ether oxygens (including phenoxy) is 1. The monoisotopic (exact) mass is 224 g/mol. The maximum absolute atomic E-state index is 11.1. The number of nitrogens with one attached hydrogen (secondary N) is 1. The van der Waals surface area contributed by atoms with E-state index in [-0.39, 0.29) is 0 Å². The molecule has 14 heavy (non-hydrogen) atoms. The molecule has 0 radical (unpaired) electrons. The second-order valence-corrected chi connectivity index (χ2v) is 4.54. The molecule has 0 aromatic heterocycles. The van der Waals surface area contributed by atoms with Crippen molar-refractivity contribution in [1.82, 2.24) is 9.84 Å². The third-order valence-electron chi connectivity index (χ3n) is 1.59. The highest BCUT2D eigenvalue weighted by atomic mass is 32.2. The summed E-state index contributed by atoms with van der Waals surface area (Å²) < 4.78 is 27.3. The summed E-state index contributed by atoms with van der Waals surface area (Å²) in [5, 5.41) is 9.75. The predicted molar refractivity (Wildman–Crippen MR) is 47.0 cm³/mol. The molecule has 0 aromatic carbocycles. The van der Waals surface area contributed by atoms with Crippen LogP contribution in [0.3, 0.4) is 0 Å². The van der Waals surface area contributed by atoms with Gasteiger partial charge in [-0.3, -0.25) is 4.79 Å². The van der Waals surface area contributed by atoms with Crippen LogP contribution in [-0.2, 0) is 19.6 Å². The number of carboxylic acid groups (broad SMARTS) is 1. The van der Waals surface area contributed by atoms with E-state index in [1.165, 1.54) is 5.01 Å². The van der Waals surface area contributed by atoms with E-state index in [4.69, 9.17) is 9.84 Å². The number of hydrogen-bond acceptors (Lipinski definition) is 5. The van der Waals surface area contributed by atoms with Gasteiger partial charge >= 0.3 is 5.97 Å². The molecule has 0 spiro atoms. The summed E-state index contributed by atoms with van der Waals surface area (Å²) in [4.78, 5) is 12.4. The molecule has 0 unspecified atom stereocenters. The van der Waals surface area contributed by atoms with Crippen LogP contribution in [0.25, 0.3) is 0 Å². The van der Waals surface area contributed by atoms with Gasteiger partial charge in [0.25, 0.3) is 0 Å². The molecule has 1 aliphatic heterocycles. The van der Waals surface area contributed by atoms with E-state index in [0.29, 0.717) is 26.3 Å². The fourth-order valence-corrected chi connectivity index (χ4v) is 2.01. The average molecular weight is 224 g/mol. The number of hydrazine groups is 1. The zero-order valence-electron chi connectivity index (χ0n) is 7.47. The molecular weight excluding hydrogens is 212 g/mol. The molecule has 1 saturated heterocycles. The predicted octanol–water partition coefficient (Wildman–Crippen LogP) is -1.76. The highest BCUT2D eigenvalue weighted by Gasteiger charge is 2.20. The van der Waals surface area contributed by atoms with Gasteiger partial charge in [0.15, 0.2) is 5.75 Å². The van der Waals surface area contributed by atoms with Crippen LogP contribution in [-0.4, -0.2) is 56.6 Å². The molecule has 0 bridgehead atoms. The van der Waals surface area contributed by atoms with Gasteiger partial charge in [-0.05, 0) is 0 Å². The molecule has 7 nitrogen and oxygen atoms in total. The Morgan fingerprint density at radius 3 is 2.50 bits per heavy atom. The van der Waals surface area contributed by atoms with E-state index >= 15 is 0 Å². The van der Waals surface area contributed by atoms with Crippen LogP contribution >= 0.6 is 0 Å². The molecule has 82 valence electrons. The summed E-state index contributed by atoms with van der Waals surface area (Å²) >= 11 is 0. The number of carboxylic acids is 1. The molecule has 0 aromatic rings. The fourth-order valence-electron chi connectivity index (χ4n) is 1.05. The van der Waals surface area contributed by atoms with Crippen molar-refractivity contribution in [3.05, 3.63) is 0 Å². The summed E-state index contributed by atoms with van der Waals surface area (Å²) in [6.07, 6.45) is 0. The van der Waals surface area contributed by atoms with Crippen LogP contribution < -0.4 is 4.83 Å². The minimum Gasteiger partial charge on any atom is -0.480 e. The van der Waals surface area contributed by atoms with Crippen molar-refractivity contribution >= 4 is 16.0 Å². The molecule has 1 heterocycles. The van der Waals surface area contributed by atoms with Crippen LogP contribution in [0.5, 0.6) is 0 Å². The Labute approximate surface area is 81.7 Å². The Morgan fingerprint density at radius 1 is 1.43 bits per heavy atom. The molecule has 0 saturated carbocycles. The fraction of sp³-hybridized carbons (Fsp3) is 0.833. The molecule has 2 N–H and O–H groups in total. The first-order valence-corrected chi connectivity index (χ1v) is 5.69. The lowest BCUT2D eigenvalue weighted by Crippen LogP contribution is -2.49. The third kappa shape index (κ3) is 4.01. The van der Waals surface area contributed by atoms with Gasteiger partial charge in [-0.25, -0.2) is 13.4 Å². The Kier molecular flexibility index (Phi) is 3.81. The molecule has 1 aliphatic rings. The minimum atomic E-state index is -3.76. The quantitative estimate of drug-likeness (QED) is 0.587. The zero-order chi connectivity index (χ0) is 10.6. The van der Waals surface area contributed by atoms with Gasteiger partial charge in [0, 0.05) is 13.1 Å². The molecular formula is C6H12N2O5S. The molecule has 0 aliphatic carbocycles. The SMILES string of the molecule is O=C(O)CS(=O)(=O)NN1CCOCC1. The van der Waals surface area contributed by atoms with Crippen molar-refractivity contribution in [2.24, 2.45) is 0 Å². The molecule has 1 rings (SSSR count). The van der Waals surface area contributed by atoms with Crippen molar-refractivity contribution in [2.75, 3.05) is 32.1 Å². The largest absolute Gasteiger partial charge is 0.480 e. The van der Waals surface area contributed by atoms with Gasteiger partial charge in [0.1, 0.15) is 0 Å². The second-order valence-electron chi connectivity index (χ2n) is 2.84. The standard InChI is InChI=1S/C6H12N2O5S/c9-6(10)5-14(11,12)7-8-1-3-13-4-2-8/h7H,1-5H2,(H,9,10). The van der Waals surface area contributed by atoms with E-state index in [0.717, 1.165) is 0 Å². The molecule has 0 atom stereocenters. The van der Waals surface area contributed by atoms with E-state index in [1.54, 1.807) is 0 Å². The Balaban J connectivity index is 2.45. The van der Waals surface area contributed by atoms with Crippen LogP contribution in [0.4, 0.5) is 0 Å². The first-order valence-electron chi connectivity index (χ1n) is 4.04. The third-order valence-corrected chi connectivity index (χ3v) is 2.76. The normalized spacial score (nSPS) is 19.4. The van der Waals surface area contributed by atoms with Crippen molar-refractivity contribution < 1.29 is 23.1 Å². The van der Waals surface area contributed by atoms with Crippen molar-refractivity contribution in [1.29, 1.82) is 0 Å². The highest BCUT2D eigenvalue weighted by molar-refractivity contribution is 7.90. The average Bonchev–Trinajstić information content (AvgIpc) is 2.02. The second kappa shape index (κ2) is 4.69. The number of aliphatic carboxylic acids is 1. The number of nitrogens with zero attached hydrogens (tertiary/aromatic N) is 1. The van der Waals surface area contributed by atoms with Crippen molar-refractivity contribution in [2.45, 2.75) is 0 Å². The Morgan fingerprint density at radius 2 is 2.00 bits per heavy atom. The van der Waals surface area contributed by atoms with Gasteiger partial charge in [-0.2, -0.15) is 0 Å². The lowest BCUT2D eigenvalue weighted by molar-refractivity contribution is -0.134. The summed E-state index contributed by atoms with van der Waals surface area (Å²) in [6.45, 7) is 1.74. The van der Waals surface area contributed by atoms with E-state index in [9.17, 15) is 13.2 Å². The lowest BCUT2D eigenvalue weighted by Gasteiger charge is -2.26. The van der Waals surface area contributed by atoms with Gasteiger partial charge in [0.05, 0.1) is 13.2 Å². The first kappa shape index (κ1) is 11.4. The summed E-state index contributed by atoms with van der Waals surface area (Å²) in [6, 6.07) is 0. The van der Waals surface area contributed by atoms with Crippen molar-refractivity contribution in [3.63, 3.8) is 0 Å². The smallest absolute Gasteiger partial charge is 0.320 e. The van der Waals surface area contributed by atoms with Crippen molar-refractivity contribution in [3.8, 4) is 0 Å². The van der Waals surface area contributed by atoms with E-state index < -0.39 is 21.7 Å². The highest BCUT2D eigenvalue weighted by Crippen LogP contribution is 1.95. The topological polar surface area (TPSA) is 95.9 Å². The summed E-state index contributed by atoms with van der Waals surface area (Å²) in [7, 11) is -3.76. The first-order chi connectivity index (χ1) is 6.49. The number of carbonyl (C=O) groups is 1. The molecule has 0 amide bonds. The Hall–Kier alpha value is -0.700. The van der Waals surface area contributed by atoms with Crippen LogP contribution in [0.1, 0.15) is 0 Å². The van der Waals surface area contributed by atoms with Gasteiger partial charge < -0.3 is 9.84 Å². The summed E-state index contributed by atoms with van der Waals surface area (Å²) in [5.74, 6) is -2.28. The number of rotatable bonds is 4. The van der Waals surface area contributed by atoms with Crippen LogP contribution in [0.2, 0.25) is 0 Å². The number of hydrogen-bond donors (Lipinski definition) is 2. The number of morpholine rings is 1. The van der Waals surface area contributed by atoms with Crippen LogP contribution in [0.15, 0.2) is 0 Å². The van der Waals surface area contributed by atoms with E-state index in [2.05, 4.69) is 4.83 Å². The van der Waals surface area contributed by atoms with Gasteiger partial charge in [0.2, 0.25) is 10.0 Å². The number of sulfonamides is 1. The lowest BCUT2D eigenvalue weighted by atomic mass is 10.5.